The zero-order valence-electron chi connectivity index (χ0n) is 17.0. The van der Waals surface area contributed by atoms with Gasteiger partial charge in [-0.15, -0.1) is 0 Å². The van der Waals surface area contributed by atoms with E-state index in [1.54, 1.807) is 12.1 Å². The van der Waals surface area contributed by atoms with Crippen LogP contribution in [-0.4, -0.2) is 70.2 Å². The van der Waals surface area contributed by atoms with Crippen molar-refractivity contribution in [1.29, 1.82) is 0 Å². The van der Waals surface area contributed by atoms with E-state index in [4.69, 9.17) is 9.47 Å². The molecule has 29 heavy (non-hydrogen) atoms. The molecule has 3 aliphatic rings. The molecule has 4 rings (SSSR count). The number of rotatable bonds is 6. The quantitative estimate of drug-likeness (QED) is 0.702. The molecule has 1 aromatic rings. The minimum absolute atomic E-state index is 0.231. The molecule has 1 aliphatic carbocycles. The Balaban J connectivity index is 1.25. The van der Waals surface area contributed by atoms with Gasteiger partial charge < -0.3 is 14.4 Å². The molecule has 1 atom stereocenters. The normalized spacial score (nSPS) is 24.9. The minimum Gasteiger partial charge on any atom is -0.441 e. The second-order valence-corrected chi connectivity index (χ2v) is 10.4. The Morgan fingerprint density at radius 3 is 2.34 bits per heavy atom. The van der Waals surface area contributed by atoms with Crippen molar-refractivity contribution in [2.24, 2.45) is 0 Å². The van der Waals surface area contributed by atoms with E-state index in [2.05, 4.69) is 4.90 Å². The highest BCUT2D eigenvalue weighted by Gasteiger charge is 2.34. The zero-order chi connectivity index (χ0) is 20.4. The Kier molecular flexibility index (Phi) is 6.13. The summed E-state index contributed by atoms with van der Waals surface area (Å²) in [6.45, 7) is 3.01. The maximum absolute atomic E-state index is 12.2. The average molecular weight is 423 g/mol. The van der Waals surface area contributed by atoms with Crippen LogP contribution in [0.1, 0.15) is 38.5 Å². The molecule has 0 radical (unpaired) electrons. The number of hydrogen-bond donors (Lipinski definition) is 0. The van der Waals surface area contributed by atoms with Gasteiger partial charge in [0, 0.05) is 31.1 Å². The first-order valence-electron chi connectivity index (χ1n) is 10.5. The molecule has 0 aromatic heterocycles. The van der Waals surface area contributed by atoms with Crippen LogP contribution in [0.3, 0.4) is 0 Å². The predicted molar refractivity (Wildman–Crippen MR) is 110 cm³/mol. The summed E-state index contributed by atoms with van der Waals surface area (Å²) in [7, 11) is -3.26. The Bertz CT molecular complexity index is 812. The first kappa shape index (κ1) is 20.6. The van der Waals surface area contributed by atoms with Crippen LogP contribution >= 0.6 is 0 Å². The van der Waals surface area contributed by atoms with Gasteiger partial charge in [-0.2, -0.15) is 0 Å². The second kappa shape index (κ2) is 8.62. The van der Waals surface area contributed by atoms with Crippen LogP contribution in [0.4, 0.5) is 10.5 Å². The van der Waals surface area contributed by atoms with Gasteiger partial charge in [-0.25, -0.2) is 13.2 Å². The van der Waals surface area contributed by atoms with Gasteiger partial charge in [0.15, 0.2) is 9.84 Å². The summed E-state index contributed by atoms with van der Waals surface area (Å²) in [6, 6.07) is 7.08. The molecular formula is C21H30N2O5S. The van der Waals surface area contributed by atoms with E-state index < -0.39 is 15.9 Å². The molecule has 1 unspecified atom stereocenters. The largest absolute Gasteiger partial charge is 0.441 e. The lowest BCUT2D eigenvalue weighted by Gasteiger charge is -2.36. The number of carbonyl (C=O) groups is 1. The number of piperidine rings is 1. The summed E-state index contributed by atoms with van der Waals surface area (Å²) in [5.74, 6) is 0. The minimum atomic E-state index is -3.26. The highest BCUT2D eigenvalue weighted by Crippen LogP contribution is 2.28. The Labute approximate surface area is 172 Å². The van der Waals surface area contributed by atoms with E-state index in [1.165, 1.54) is 42.7 Å². The summed E-state index contributed by atoms with van der Waals surface area (Å²) >= 11 is 0. The zero-order valence-corrected chi connectivity index (χ0v) is 17.8. The van der Waals surface area contributed by atoms with Gasteiger partial charge in [-0.05, 0) is 49.9 Å². The van der Waals surface area contributed by atoms with E-state index in [0.717, 1.165) is 38.2 Å². The van der Waals surface area contributed by atoms with Gasteiger partial charge in [0.2, 0.25) is 0 Å². The summed E-state index contributed by atoms with van der Waals surface area (Å²) in [6.07, 6.45) is 8.15. The van der Waals surface area contributed by atoms with Crippen molar-refractivity contribution in [2.75, 3.05) is 37.4 Å². The molecule has 8 heteroatoms. The van der Waals surface area contributed by atoms with Crippen molar-refractivity contribution in [1.82, 2.24) is 4.90 Å². The highest BCUT2D eigenvalue weighted by molar-refractivity contribution is 7.90. The van der Waals surface area contributed by atoms with Crippen LogP contribution in [0.5, 0.6) is 0 Å². The SMILES string of the molecule is CS(=O)(=O)c1ccc(N2CC(COC3CCN(C4CCCC4)CC3)OC2=O)cc1. The third kappa shape index (κ3) is 4.92. The number of anilines is 1. The summed E-state index contributed by atoms with van der Waals surface area (Å²) in [4.78, 5) is 16.6. The van der Waals surface area contributed by atoms with Crippen LogP contribution in [0.15, 0.2) is 29.2 Å². The monoisotopic (exact) mass is 422 g/mol. The first-order valence-corrected chi connectivity index (χ1v) is 12.4. The maximum atomic E-state index is 12.2. The van der Waals surface area contributed by atoms with Crippen LogP contribution < -0.4 is 4.90 Å². The topological polar surface area (TPSA) is 76.2 Å². The molecule has 1 amide bonds. The summed E-state index contributed by atoms with van der Waals surface area (Å²) < 4.78 is 34.7. The fourth-order valence-electron chi connectivity index (χ4n) is 4.61. The van der Waals surface area contributed by atoms with Crippen molar-refractivity contribution < 1.29 is 22.7 Å². The Morgan fingerprint density at radius 2 is 1.72 bits per heavy atom. The van der Waals surface area contributed by atoms with Crippen LogP contribution in [-0.2, 0) is 19.3 Å². The summed E-state index contributed by atoms with van der Waals surface area (Å²) in [5, 5.41) is 0. The lowest BCUT2D eigenvalue weighted by atomic mass is 10.0. The van der Waals surface area contributed by atoms with Crippen molar-refractivity contribution in [2.45, 2.75) is 61.7 Å². The fourth-order valence-corrected chi connectivity index (χ4v) is 5.24. The van der Waals surface area contributed by atoms with Crippen LogP contribution in [0, 0.1) is 0 Å². The number of sulfone groups is 1. The van der Waals surface area contributed by atoms with E-state index in [0.29, 0.717) is 18.8 Å². The molecule has 2 saturated heterocycles. The van der Waals surface area contributed by atoms with Crippen molar-refractivity contribution >= 4 is 21.6 Å². The van der Waals surface area contributed by atoms with E-state index >= 15 is 0 Å². The van der Waals surface area contributed by atoms with Gasteiger partial charge in [-0.1, -0.05) is 12.8 Å². The van der Waals surface area contributed by atoms with E-state index in [-0.39, 0.29) is 17.1 Å². The number of ether oxygens (including phenoxy) is 2. The Hall–Kier alpha value is -1.64. The van der Waals surface area contributed by atoms with Crippen LogP contribution in [0.25, 0.3) is 0 Å². The van der Waals surface area contributed by atoms with Crippen molar-refractivity contribution in [3.8, 4) is 0 Å². The number of benzene rings is 1. The van der Waals surface area contributed by atoms with Crippen LogP contribution in [0.2, 0.25) is 0 Å². The third-order valence-corrected chi connectivity index (χ3v) is 7.41. The second-order valence-electron chi connectivity index (χ2n) is 8.39. The van der Waals surface area contributed by atoms with Gasteiger partial charge in [0.05, 0.1) is 24.2 Å². The Morgan fingerprint density at radius 1 is 1.07 bits per heavy atom. The number of carbonyl (C=O) groups excluding carboxylic acids is 1. The molecule has 0 bridgehead atoms. The van der Waals surface area contributed by atoms with E-state index in [1.807, 2.05) is 0 Å². The van der Waals surface area contributed by atoms with Gasteiger partial charge in [-0.3, -0.25) is 4.90 Å². The molecule has 2 heterocycles. The van der Waals surface area contributed by atoms with E-state index in [9.17, 15) is 13.2 Å². The number of nitrogens with zero attached hydrogens (tertiary/aromatic N) is 2. The third-order valence-electron chi connectivity index (χ3n) is 6.29. The van der Waals surface area contributed by atoms with Crippen molar-refractivity contribution in [3.63, 3.8) is 0 Å². The smallest absolute Gasteiger partial charge is 0.414 e. The molecule has 1 saturated carbocycles. The molecule has 160 valence electrons. The standard InChI is InChI=1S/C21H30N2O5S/c1-29(25,26)20-8-6-17(7-9-20)23-14-19(28-21(23)24)15-27-18-10-12-22(13-11-18)16-4-2-3-5-16/h6-9,16,18-19H,2-5,10-15H2,1H3. The molecular weight excluding hydrogens is 392 g/mol. The maximum Gasteiger partial charge on any atom is 0.414 e. The predicted octanol–water partition coefficient (Wildman–Crippen LogP) is 2.84. The first-order chi connectivity index (χ1) is 13.9. The lowest BCUT2D eigenvalue weighted by molar-refractivity contribution is -0.0325. The molecule has 2 aliphatic heterocycles. The molecule has 0 spiro atoms. The van der Waals surface area contributed by atoms with Gasteiger partial charge >= 0.3 is 6.09 Å². The highest BCUT2D eigenvalue weighted by atomic mass is 32.2. The van der Waals surface area contributed by atoms with Gasteiger partial charge in [0.25, 0.3) is 0 Å². The fraction of sp³-hybridized carbons (Fsp3) is 0.667. The average Bonchev–Trinajstić information content (AvgIpc) is 3.36. The lowest BCUT2D eigenvalue weighted by Crippen LogP contribution is -2.42. The van der Waals surface area contributed by atoms with Gasteiger partial charge in [0.1, 0.15) is 6.10 Å². The molecule has 0 N–H and O–H groups in total. The molecule has 3 fully saturated rings. The number of cyclic esters (lactones) is 1. The number of amides is 1. The summed E-state index contributed by atoms with van der Waals surface area (Å²) in [5.41, 5.74) is 0.634. The number of likely N-dealkylation sites (tertiary alicyclic amines) is 1. The molecule has 7 nitrogen and oxygen atoms in total. The van der Waals surface area contributed by atoms with Crippen molar-refractivity contribution in [3.05, 3.63) is 24.3 Å². The number of hydrogen-bond acceptors (Lipinski definition) is 6. The molecule has 1 aromatic carbocycles.